The van der Waals surface area contributed by atoms with E-state index < -0.39 is 11.5 Å². The van der Waals surface area contributed by atoms with Crippen LogP contribution in [0.25, 0.3) is 0 Å². The van der Waals surface area contributed by atoms with Crippen LogP contribution in [0.15, 0.2) is 24.5 Å². The molecule has 0 saturated heterocycles. The van der Waals surface area contributed by atoms with Crippen LogP contribution in [0, 0.1) is 0 Å². The number of carboxylic acids is 1. The van der Waals surface area contributed by atoms with Gasteiger partial charge < -0.3 is 22.3 Å². The molecule has 1 aromatic heterocycles. The van der Waals surface area contributed by atoms with Crippen molar-refractivity contribution in [3.63, 3.8) is 0 Å². The van der Waals surface area contributed by atoms with Gasteiger partial charge in [-0.2, -0.15) is 4.57 Å². The summed E-state index contributed by atoms with van der Waals surface area (Å²) in [5.41, 5.74) is -0.290. The molecule has 1 heterocycles. The summed E-state index contributed by atoms with van der Waals surface area (Å²) in [7, 11) is 0. The molecule has 1 N–H and O–H groups in total. The minimum Gasteiger partial charge on any atom is -1.00 e. The minimum atomic E-state index is -1.43. The molecule has 20 heavy (non-hydrogen) atoms. The predicted molar refractivity (Wildman–Crippen MR) is 62.6 cm³/mol. The first kappa shape index (κ1) is 22.1. The van der Waals surface area contributed by atoms with Gasteiger partial charge >= 0.3 is 29.6 Å². The normalized spacial score (nSPS) is 14.4. The van der Waals surface area contributed by atoms with Gasteiger partial charge in [0.1, 0.15) is 5.97 Å². The van der Waals surface area contributed by atoms with Gasteiger partial charge in [0.2, 0.25) is 5.54 Å². The Hall–Kier alpha value is -0.170. The smallest absolute Gasteiger partial charge is 1.00 e. The zero-order valence-electron chi connectivity index (χ0n) is 12.3. The van der Waals surface area contributed by atoms with Crippen LogP contribution in [0.3, 0.4) is 0 Å². The summed E-state index contributed by atoms with van der Waals surface area (Å²) >= 11 is 0. The van der Waals surface area contributed by atoms with Crippen LogP contribution in [0.5, 0.6) is 0 Å². The average molecular weight is 312 g/mol. The largest absolute Gasteiger partial charge is 1.00 e. The fourth-order valence-electron chi connectivity index (χ4n) is 1.70. The molecule has 0 aliphatic rings. The Balaban J connectivity index is 0. The Morgan fingerprint density at radius 1 is 1.50 bits per heavy atom. The molecule has 1 rings (SSSR count). The van der Waals surface area contributed by atoms with Crippen LogP contribution < -0.4 is 51.6 Å². The van der Waals surface area contributed by atoms with Crippen molar-refractivity contribution >= 4 is 5.97 Å². The second-order valence-corrected chi connectivity index (χ2v) is 4.68. The van der Waals surface area contributed by atoms with Gasteiger partial charge in [0.15, 0.2) is 19.0 Å². The molecule has 0 aromatic carbocycles. The molecule has 5 nitrogen and oxygen atoms in total. The molecule has 7 heteroatoms. The summed E-state index contributed by atoms with van der Waals surface area (Å²) in [4.78, 5) is 15.1. The third-order valence-electron chi connectivity index (χ3n) is 3.39. The van der Waals surface area contributed by atoms with Gasteiger partial charge in [-0.1, -0.05) is 13.8 Å². The molecule has 2 unspecified atom stereocenters. The molecule has 0 amide bonds. The standard InChI is InChI=1S/C13H19NO4.ClH.Na/c1-4-10(2)11-5-7-14(8-6-11)13(3,9-18-17)12(15)16;;/h5-8,10H,4,9H2,1-3H3,(H-,15,16,17);1H;/q;;+1/p-1. The Bertz CT molecular complexity index is 415. The van der Waals surface area contributed by atoms with Crippen molar-refractivity contribution < 1.29 is 66.6 Å². The molecule has 0 radical (unpaired) electrons. The zero-order chi connectivity index (χ0) is 13.8. The Morgan fingerprint density at radius 2 is 2.00 bits per heavy atom. The van der Waals surface area contributed by atoms with Gasteiger partial charge in [0, 0.05) is 19.1 Å². The van der Waals surface area contributed by atoms with Gasteiger partial charge in [-0.3, -0.25) is 5.26 Å². The van der Waals surface area contributed by atoms with Crippen molar-refractivity contribution in [1.29, 1.82) is 0 Å². The summed E-state index contributed by atoms with van der Waals surface area (Å²) in [5, 5.41) is 19.7. The first-order valence-corrected chi connectivity index (χ1v) is 5.95. The number of carboxylic acid groups (broad SMARTS) is 1. The predicted octanol–water partition coefficient (Wildman–Crippen LogP) is -5.55. The zero-order valence-corrected chi connectivity index (χ0v) is 15.1. The quantitative estimate of drug-likeness (QED) is 0.246. The van der Waals surface area contributed by atoms with Crippen molar-refractivity contribution in [2.75, 3.05) is 6.61 Å². The second kappa shape index (κ2) is 9.71. The monoisotopic (exact) mass is 311 g/mol. The van der Waals surface area contributed by atoms with Gasteiger partial charge in [0.05, 0.1) is 0 Å². The topological polar surface area (TPSA) is 73.5 Å². The van der Waals surface area contributed by atoms with Gasteiger partial charge in [-0.05, 0) is 17.9 Å². The summed E-state index contributed by atoms with van der Waals surface area (Å²) in [6, 6.07) is 3.74. The maximum absolute atomic E-state index is 11.2. The number of halogens is 1. The van der Waals surface area contributed by atoms with Gasteiger partial charge in [-0.25, -0.2) is 4.89 Å². The van der Waals surface area contributed by atoms with Crippen LogP contribution in [-0.2, 0) is 15.2 Å². The maximum atomic E-state index is 11.2. The second-order valence-electron chi connectivity index (χ2n) is 4.68. The number of carbonyl (C=O) groups excluding carboxylic acids is 1. The van der Waals surface area contributed by atoms with E-state index in [-0.39, 0.29) is 48.6 Å². The fourth-order valence-corrected chi connectivity index (χ4v) is 1.70. The Morgan fingerprint density at radius 3 is 2.35 bits per heavy atom. The molecule has 2 atom stereocenters. The number of hydrogen-bond acceptors (Lipinski definition) is 4. The molecular weight excluding hydrogens is 293 g/mol. The van der Waals surface area contributed by atoms with E-state index in [1.165, 1.54) is 11.5 Å². The number of nitrogens with zero attached hydrogens (tertiary/aromatic N) is 1. The summed E-state index contributed by atoms with van der Waals surface area (Å²) < 4.78 is 1.46. The minimum absolute atomic E-state index is 0. The number of aliphatic carboxylic acids is 1. The van der Waals surface area contributed by atoms with E-state index in [1.54, 1.807) is 12.4 Å². The van der Waals surface area contributed by atoms with Crippen molar-refractivity contribution in [2.45, 2.75) is 38.6 Å². The molecule has 108 valence electrons. The van der Waals surface area contributed by atoms with Crippen molar-refractivity contribution in [2.24, 2.45) is 0 Å². The van der Waals surface area contributed by atoms with E-state index >= 15 is 0 Å². The van der Waals surface area contributed by atoms with Crippen LogP contribution in [-0.4, -0.2) is 17.8 Å². The van der Waals surface area contributed by atoms with Gasteiger partial charge in [-0.15, -0.1) is 0 Å². The molecule has 0 aliphatic heterocycles. The maximum Gasteiger partial charge on any atom is 1.00 e. The fraction of sp³-hybridized carbons (Fsp3) is 0.538. The van der Waals surface area contributed by atoms with Crippen molar-refractivity contribution in [1.82, 2.24) is 0 Å². The van der Waals surface area contributed by atoms with E-state index in [0.29, 0.717) is 5.92 Å². The van der Waals surface area contributed by atoms with Crippen LogP contribution >= 0.6 is 0 Å². The van der Waals surface area contributed by atoms with Crippen LogP contribution in [0.1, 0.15) is 38.7 Å². The SMILES string of the molecule is CCC(C)c1cc[n+](C(C)(COO)C(=O)[O-])cc1.[Cl-].[Na+]. The van der Waals surface area contributed by atoms with E-state index in [2.05, 4.69) is 18.7 Å². The molecule has 0 saturated carbocycles. The molecule has 0 aliphatic carbocycles. The van der Waals surface area contributed by atoms with Crippen molar-refractivity contribution in [3.05, 3.63) is 30.1 Å². The van der Waals surface area contributed by atoms with E-state index in [9.17, 15) is 9.90 Å². The number of aromatic nitrogens is 1. The Labute approximate surface area is 147 Å². The van der Waals surface area contributed by atoms with Crippen molar-refractivity contribution in [3.8, 4) is 0 Å². The molecule has 0 spiro atoms. The summed E-state index contributed by atoms with van der Waals surface area (Å²) in [6.07, 6.45) is 4.34. The average Bonchev–Trinajstić information content (AvgIpc) is 2.38. The van der Waals surface area contributed by atoms with E-state index in [4.69, 9.17) is 5.26 Å². The molecule has 0 bridgehead atoms. The Kier molecular flexibility index (Phi) is 10.7. The molecular formula is C13H19ClNNaO4. The summed E-state index contributed by atoms with van der Waals surface area (Å²) in [6.45, 7) is 5.26. The van der Waals surface area contributed by atoms with Gasteiger partial charge in [0.25, 0.3) is 0 Å². The first-order chi connectivity index (χ1) is 8.45. The number of hydrogen-bond donors (Lipinski definition) is 1. The summed E-state index contributed by atoms with van der Waals surface area (Å²) in [5.74, 6) is -0.888. The number of rotatable bonds is 6. The van der Waals surface area contributed by atoms with E-state index in [1.807, 2.05) is 12.1 Å². The van der Waals surface area contributed by atoms with E-state index in [0.717, 1.165) is 12.0 Å². The molecule has 1 aromatic rings. The van der Waals surface area contributed by atoms with Crippen LogP contribution in [0.4, 0.5) is 0 Å². The third-order valence-corrected chi connectivity index (χ3v) is 3.39. The molecule has 0 fully saturated rings. The van der Waals surface area contributed by atoms with Crippen LogP contribution in [0.2, 0.25) is 0 Å². The number of carbonyl (C=O) groups is 1. The third kappa shape index (κ3) is 4.98. The first-order valence-electron chi connectivity index (χ1n) is 5.95. The number of pyridine rings is 1.